The van der Waals surface area contributed by atoms with Gasteiger partial charge in [0.15, 0.2) is 0 Å². The number of carbonyl (C=O) groups excluding carboxylic acids is 3. The lowest BCUT2D eigenvalue weighted by Gasteiger charge is -2.14. The number of aliphatic hydroxyl groups is 1. The highest BCUT2D eigenvalue weighted by Crippen LogP contribution is 1.96. The number of thioether (sulfide) groups is 1. The van der Waals surface area contributed by atoms with Crippen molar-refractivity contribution in [3.05, 3.63) is 0 Å². The SMILES string of the molecule is C[N]NC(=O)[C@H](CO)NC(=O)CSCNC(C)=O. The molecule has 0 fully saturated rings. The Morgan fingerprint density at radius 3 is 2.56 bits per heavy atom. The van der Waals surface area contributed by atoms with Gasteiger partial charge in [-0.25, -0.2) is 0 Å². The summed E-state index contributed by atoms with van der Waals surface area (Å²) < 4.78 is 0. The summed E-state index contributed by atoms with van der Waals surface area (Å²) in [5, 5.41) is 13.8. The van der Waals surface area contributed by atoms with Crippen LogP contribution in [0.3, 0.4) is 0 Å². The number of hydrogen-bond acceptors (Lipinski definition) is 5. The van der Waals surface area contributed by atoms with Crippen LogP contribution in [-0.2, 0) is 14.4 Å². The number of aliphatic hydroxyl groups excluding tert-OH is 1. The maximum atomic E-state index is 11.4. The average Bonchev–Trinajstić information content (AvgIpc) is 2.31. The summed E-state index contributed by atoms with van der Waals surface area (Å²) in [5.74, 6) is -0.785. The van der Waals surface area contributed by atoms with Gasteiger partial charge in [0.2, 0.25) is 11.8 Å². The van der Waals surface area contributed by atoms with Crippen LogP contribution in [0.1, 0.15) is 6.92 Å². The molecular formula is C9H17N4O4S. The van der Waals surface area contributed by atoms with Crippen LogP contribution in [0.5, 0.6) is 0 Å². The number of carbonyl (C=O) groups is 3. The van der Waals surface area contributed by atoms with E-state index in [0.29, 0.717) is 5.88 Å². The zero-order chi connectivity index (χ0) is 14.0. The molecule has 0 aromatic carbocycles. The molecule has 0 aliphatic heterocycles. The third-order valence-electron chi connectivity index (χ3n) is 1.71. The average molecular weight is 277 g/mol. The minimum Gasteiger partial charge on any atom is -0.394 e. The van der Waals surface area contributed by atoms with Gasteiger partial charge in [0.25, 0.3) is 5.91 Å². The Morgan fingerprint density at radius 2 is 2.06 bits per heavy atom. The van der Waals surface area contributed by atoms with Gasteiger partial charge in [0, 0.05) is 14.0 Å². The molecule has 0 saturated carbocycles. The van der Waals surface area contributed by atoms with Crippen molar-refractivity contribution in [3.8, 4) is 0 Å². The fourth-order valence-electron chi connectivity index (χ4n) is 0.915. The fourth-order valence-corrected chi connectivity index (χ4v) is 1.59. The number of rotatable bonds is 8. The van der Waals surface area contributed by atoms with Crippen molar-refractivity contribution in [1.82, 2.24) is 21.5 Å². The molecule has 103 valence electrons. The van der Waals surface area contributed by atoms with Gasteiger partial charge in [0.05, 0.1) is 18.2 Å². The monoisotopic (exact) mass is 277 g/mol. The standard InChI is InChI=1S/C9H17N4O4S/c1-6(15)11-5-18-4-8(16)12-7(3-14)9(17)13-10-2/h7,14H,3-5H2,1-2H3,(H,11,15)(H,12,16)(H,13,17)/t7-/m0/s1. The Bertz CT molecular complexity index is 300. The molecule has 1 radical (unpaired) electrons. The van der Waals surface area contributed by atoms with E-state index in [0.717, 1.165) is 0 Å². The van der Waals surface area contributed by atoms with Crippen LogP contribution in [0.15, 0.2) is 0 Å². The predicted molar refractivity (Wildman–Crippen MR) is 66.4 cm³/mol. The number of nitrogens with one attached hydrogen (secondary N) is 3. The van der Waals surface area contributed by atoms with Gasteiger partial charge >= 0.3 is 0 Å². The highest BCUT2D eigenvalue weighted by atomic mass is 32.2. The van der Waals surface area contributed by atoms with Gasteiger partial charge in [-0.05, 0) is 0 Å². The topological polar surface area (TPSA) is 122 Å². The molecule has 0 saturated heterocycles. The van der Waals surface area contributed by atoms with E-state index >= 15 is 0 Å². The van der Waals surface area contributed by atoms with E-state index in [1.807, 2.05) is 0 Å². The van der Waals surface area contributed by atoms with E-state index in [-0.39, 0.29) is 11.7 Å². The van der Waals surface area contributed by atoms with Crippen molar-refractivity contribution < 1.29 is 19.5 Å². The fraction of sp³-hybridized carbons (Fsp3) is 0.667. The second-order valence-electron chi connectivity index (χ2n) is 3.23. The van der Waals surface area contributed by atoms with E-state index < -0.39 is 24.5 Å². The Balaban J connectivity index is 3.89. The first-order valence-corrected chi connectivity index (χ1v) is 6.27. The van der Waals surface area contributed by atoms with Gasteiger partial charge in [-0.3, -0.25) is 19.8 Å². The molecule has 0 aliphatic rings. The summed E-state index contributed by atoms with van der Waals surface area (Å²) in [6.45, 7) is 0.866. The lowest BCUT2D eigenvalue weighted by atomic mass is 10.3. The van der Waals surface area contributed by atoms with Crippen molar-refractivity contribution in [3.63, 3.8) is 0 Å². The minimum atomic E-state index is -1.03. The van der Waals surface area contributed by atoms with Gasteiger partial charge in [-0.1, -0.05) is 0 Å². The van der Waals surface area contributed by atoms with Crippen LogP contribution in [-0.4, -0.2) is 54.2 Å². The maximum absolute atomic E-state index is 11.4. The maximum Gasteiger partial charge on any atom is 0.260 e. The zero-order valence-corrected chi connectivity index (χ0v) is 11.0. The summed E-state index contributed by atoms with van der Waals surface area (Å²) in [5.41, 5.74) is 5.52. The Morgan fingerprint density at radius 1 is 1.39 bits per heavy atom. The molecule has 4 N–H and O–H groups in total. The predicted octanol–water partition coefficient (Wildman–Crippen LogP) is -2.44. The van der Waals surface area contributed by atoms with E-state index in [9.17, 15) is 14.4 Å². The van der Waals surface area contributed by atoms with Gasteiger partial charge in [-0.15, -0.1) is 17.2 Å². The number of hydrogen-bond donors (Lipinski definition) is 4. The highest BCUT2D eigenvalue weighted by Gasteiger charge is 2.19. The van der Waals surface area contributed by atoms with Crippen molar-refractivity contribution in [2.24, 2.45) is 0 Å². The molecule has 9 heteroatoms. The lowest BCUT2D eigenvalue weighted by molar-refractivity contribution is -0.129. The van der Waals surface area contributed by atoms with Crippen LogP contribution >= 0.6 is 11.8 Å². The summed E-state index contributed by atoms with van der Waals surface area (Å²) in [6.07, 6.45) is 0. The van der Waals surface area contributed by atoms with E-state index in [4.69, 9.17) is 5.11 Å². The molecule has 0 bridgehead atoms. The van der Waals surface area contributed by atoms with Crippen molar-refractivity contribution in [2.45, 2.75) is 13.0 Å². The first-order valence-electron chi connectivity index (χ1n) is 5.12. The Labute approximate surface area is 109 Å². The Hall–Kier alpha value is -1.32. The van der Waals surface area contributed by atoms with E-state index in [1.54, 1.807) is 0 Å². The molecule has 0 rings (SSSR count). The van der Waals surface area contributed by atoms with Crippen LogP contribution in [0.4, 0.5) is 0 Å². The molecular weight excluding hydrogens is 260 g/mol. The molecule has 8 nitrogen and oxygen atoms in total. The molecule has 0 aromatic heterocycles. The van der Waals surface area contributed by atoms with Gasteiger partial charge in [-0.2, -0.15) is 0 Å². The van der Waals surface area contributed by atoms with E-state index in [1.165, 1.54) is 25.7 Å². The van der Waals surface area contributed by atoms with Crippen molar-refractivity contribution in [2.75, 3.05) is 25.3 Å². The molecule has 18 heavy (non-hydrogen) atoms. The quantitative estimate of drug-likeness (QED) is 0.223. The molecule has 3 amide bonds. The number of amides is 3. The minimum absolute atomic E-state index is 0.0767. The van der Waals surface area contributed by atoms with Crippen molar-refractivity contribution in [1.29, 1.82) is 0 Å². The zero-order valence-electron chi connectivity index (χ0n) is 10.2. The summed E-state index contributed by atoms with van der Waals surface area (Å²) in [6, 6.07) is -1.03. The first-order chi connectivity index (χ1) is 8.51. The summed E-state index contributed by atoms with van der Waals surface area (Å²) in [4.78, 5) is 33.2. The number of nitrogens with zero attached hydrogens (tertiary/aromatic N) is 1. The normalized spacial score (nSPS) is 11.5. The summed E-state index contributed by atoms with van der Waals surface area (Å²) in [7, 11) is 1.37. The van der Waals surface area contributed by atoms with Gasteiger partial charge in [0.1, 0.15) is 6.04 Å². The molecule has 0 aromatic rings. The smallest absolute Gasteiger partial charge is 0.260 e. The third kappa shape index (κ3) is 7.87. The second kappa shape index (κ2) is 9.68. The highest BCUT2D eigenvalue weighted by molar-refractivity contribution is 7.99. The molecule has 1 atom stereocenters. The largest absolute Gasteiger partial charge is 0.394 e. The second-order valence-corrected chi connectivity index (χ2v) is 4.21. The Kier molecular flexibility index (Phi) is 8.97. The van der Waals surface area contributed by atoms with Crippen molar-refractivity contribution >= 4 is 29.5 Å². The van der Waals surface area contributed by atoms with Gasteiger partial charge < -0.3 is 15.7 Å². The molecule has 0 spiro atoms. The molecule has 0 unspecified atom stereocenters. The van der Waals surface area contributed by atoms with E-state index in [2.05, 4.69) is 21.5 Å². The summed E-state index contributed by atoms with van der Waals surface area (Å²) >= 11 is 1.19. The third-order valence-corrected chi connectivity index (χ3v) is 2.53. The van der Waals surface area contributed by atoms with Crippen LogP contribution in [0.2, 0.25) is 0 Å². The first kappa shape index (κ1) is 16.7. The van der Waals surface area contributed by atoms with Crippen LogP contribution in [0, 0.1) is 0 Å². The molecule has 0 aliphatic carbocycles. The lowest BCUT2D eigenvalue weighted by Crippen LogP contribution is -2.50. The van der Waals surface area contributed by atoms with Crippen LogP contribution in [0.25, 0.3) is 0 Å². The molecule has 0 heterocycles. The van der Waals surface area contributed by atoms with Crippen LogP contribution < -0.4 is 21.5 Å².